The third kappa shape index (κ3) is 3.66. The first-order valence-electron chi connectivity index (χ1n) is 6.74. The fraction of sp³-hybridized carbons (Fsp3) is 0.357. The van der Waals surface area contributed by atoms with Crippen LogP contribution in [0.3, 0.4) is 0 Å². The molecule has 0 unspecified atom stereocenters. The average molecular weight is 305 g/mol. The lowest BCUT2D eigenvalue weighted by Gasteiger charge is -2.07. The molecule has 2 aromatic rings. The van der Waals surface area contributed by atoms with Crippen LogP contribution in [0.1, 0.15) is 22.0 Å². The second-order valence-corrected chi connectivity index (χ2v) is 5.11. The van der Waals surface area contributed by atoms with Crippen LogP contribution in [0.25, 0.3) is 0 Å². The van der Waals surface area contributed by atoms with Crippen LogP contribution in [-0.2, 0) is 17.9 Å². The van der Waals surface area contributed by atoms with Crippen LogP contribution in [0, 0.1) is 6.92 Å². The smallest absolute Gasteiger partial charge is 0.289 e. The van der Waals surface area contributed by atoms with Crippen molar-refractivity contribution in [3.05, 3.63) is 35.4 Å². The minimum absolute atomic E-state index is 0.0316. The Morgan fingerprint density at radius 3 is 2.73 bits per heavy atom. The van der Waals surface area contributed by atoms with Crippen LogP contribution in [0.5, 0.6) is 0 Å². The molecule has 2 rings (SSSR count). The molecule has 0 aromatic carbocycles. The van der Waals surface area contributed by atoms with Crippen LogP contribution >= 0.6 is 0 Å². The van der Waals surface area contributed by atoms with E-state index < -0.39 is 0 Å². The van der Waals surface area contributed by atoms with E-state index in [1.807, 2.05) is 0 Å². The number of nitrogens with zero attached hydrogens (tertiary/aromatic N) is 3. The number of nitrogen functional groups attached to an aromatic ring is 1. The molecule has 22 heavy (non-hydrogen) atoms. The second-order valence-electron chi connectivity index (χ2n) is 5.11. The summed E-state index contributed by atoms with van der Waals surface area (Å²) in [5.74, 6) is 0.706. The lowest BCUT2D eigenvalue weighted by Crippen LogP contribution is -2.28. The molecule has 118 valence electrons. The van der Waals surface area contributed by atoms with Crippen LogP contribution in [0.15, 0.2) is 22.6 Å². The molecule has 0 aliphatic carbocycles. The van der Waals surface area contributed by atoms with Crippen molar-refractivity contribution in [1.82, 2.24) is 20.0 Å². The zero-order valence-corrected chi connectivity index (χ0v) is 12.8. The summed E-state index contributed by atoms with van der Waals surface area (Å²) >= 11 is 0. The highest BCUT2D eigenvalue weighted by Gasteiger charge is 2.13. The van der Waals surface area contributed by atoms with Gasteiger partial charge in [0.2, 0.25) is 5.91 Å². The predicted octanol–water partition coefficient (Wildman–Crippen LogP) is 0.385. The number of carbonyl (C=O) groups is 2. The molecule has 2 aromatic heterocycles. The van der Waals surface area contributed by atoms with E-state index in [-0.39, 0.29) is 30.7 Å². The molecule has 3 N–H and O–H groups in total. The summed E-state index contributed by atoms with van der Waals surface area (Å²) < 4.78 is 6.81. The summed E-state index contributed by atoms with van der Waals surface area (Å²) in [4.78, 5) is 25.0. The lowest BCUT2D eigenvalue weighted by molar-refractivity contribution is -0.122. The van der Waals surface area contributed by atoms with Gasteiger partial charge in [0.25, 0.3) is 5.91 Å². The second kappa shape index (κ2) is 6.33. The Hall–Kier alpha value is -2.77. The largest absolute Gasteiger partial charge is 0.454 e. The number of hydrogen-bond acceptors (Lipinski definition) is 5. The highest BCUT2D eigenvalue weighted by Crippen LogP contribution is 2.09. The van der Waals surface area contributed by atoms with Crippen LogP contribution in [-0.4, -0.2) is 40.6 Å². The molecule has 0 bridgehead atoms. The van der Waals surface area contributed by atoms with E-state index in [1.54, 1.807) is 39.2 Å². The van der Waals surface area contributed by atoms with Crippen molar-refractivity contribution >= 4 is 17.6 Å². The van der Waals surface area contributed by atoms with E-state index in [0.29, 0.717) is 11.6 Å². The third-order valence-electron chi connectivity index (χ3n) is 2.97. The monoisotopic (exact) mass is 305 g/mol. The van der Waals surface area contributed by atoms with Gasteiger partial charge in [0.05, 0.1) is 12.2 Å². The van der Waals surface area contributed by atoms with Crippen LogP contribution in [0.2, 0.25) is 0 Å². The number of nitrogens with one attached hydrogen (secondary N) is 1. The number of aromatic nitrogens is 2. The molecule has 0 saturated heterocycles. The van der Waals surface area contributed by atoms with Crippen molar-refractivity contribution in [2.45, 2.75) is 20.0 Å². The van der Waals surface area contributed by atoms with E-state index in [0.717, 1.165) is 5.69 Å². The molecule has 0 atom stereocenters. The van der Waals surface area contributed by atoms with Gasteiger partial charge in [-0.05, 0) is 19.1 Å². The van der Waals surface area contributed by atoms with Gasteiger partial charge in [0.1, 0.15) is 18.1 Å². The van der Waals surface area contributed by atoms with Gasteiger partial charge in [-0.1, -0.05) is 0 Å². The highest BCUT2D eigenvalue weighted by atomic mass is 16.4. The fourth-order valence-corrected chi connectivity index (χ4v) is 1.88. The van der Waals surface area contributed by atoms with Crippen LogP contribution < -0.4 is 11.1 Å². The third-order valence-corrected chi connectivity index (χ3v) is 2.97. The Balaban J connectivity index is 1.89. The minimum atomic E-state index is -0.244. The number of nitrogens with two attached hydrogens (primary N) is 1. The van der Waals surface area contributed by atoms with Gasteiger partial charge in [-0.15, -0.1) is 0 Å². The van der Waals surface area contributed by atoms with Gasteiger partial charge in [-0.2, -0.15) is 5.10 Å². The first kappa shape index (κ1) is 15.6. The Labute approximate surface area is 127 Å². The zero-order valence-electron chi connectivity index (χ0n) is 12.8. The summed E-state index contributed by atoms with van der Waals surface area (Å²) in [6, 6.07) is 4.93. The number of anilines is 1. The van der Waals surface area contributed by atoms with Gasteiger partial charge in [0, 0.05) is 20.2 Å². The molecule has 2 heterocycles. The fourth-order valence-electron chi connectivity index (χ4n) is 1.88. The summed E-state index contributed by atoms with van der Waals surface area (Å²) in [5.41, 5.74) is 6.47. The van der Waals surface area contributed by atoms with Crippen molar-refractivity contribution in [3.63, 3.8) is 0 Å². The Bertz CT molecular complexity index is 686. The zero-order chi connectivity index (χ0) is 16.3. The van der Waals surface area contributed by atoms with Gasteiger partial charge in [-0.3, -0.25) is 9.59 Å². The average Bonchev–Trinajstić information content (AvgIpc) is 3.03. The number of furan rings is 1. The van der Waals surface area contributed by atoms with E-state index in [4.69, 9.17) is 10.2 Å². The van der Waals surface area contributed by atoms with Crippen molar-refractivity contribution in [1.29, 1.82) is 0 Å². The van der Waals surface area contributed by atoms with E-state index in [1.165, 1.54) is 9.58 Å². The minimum Gasteiger partial charge on any atom is -0.454 e. The first-order chi connectivity index (χ1) is 10.4. The molecule has 0 fully saturated rings. The van der Waals surface area contributed by atoms with Crippen molar-refractivity contribution in [2.24, 2.45) is 0 Å². The topological polar surface area (TPSA) is 106 Å². The van der Waals surface area contributed by atoms with Crippen molar-refractivity contribution in [2.75, 3.05) is 19.8 Å². The van der Waals surface area contributed by atoms with E-state index in [2.05, 4.69) is 10.4 Å². The van der Waals surface area contributed by atoms with Crippen molar-refractivity contribution in [3.8, 4) is 0 Å². The number of aryl methyl sites for hydroxylation is 1. The predicted molar refractivity (Wildman–Crippen MR) is 79.9 cm³/mol. The lowest BCUT2D eigenvalue weighted by atomic mass is 10.4. The molecular formula is C14H19N5O3. The maximum Gasteiger partial charge on any atom is 0.289 e. The summed E-state index contributed by atoms with van der Waals surface area (Å²) in [7, 11) is 3.28. The molecule has 0 radical (unpaired) electrons. The molecule has 8 nitrogen and oxygen atoms in total. The SMILES string of the molecule is Cc1cc(N)n(CC(=O)NCc2ccc(C(=O)N(C)C)o2)n1. The Morgan fingerprint density at radius 1 is 1.41 bits per heavy atom. The molecule has 0 aliphatic heterocycles. The summed E-state index contributed by atoms with van der Waals surface area (Å²) in [6.45, 7) is 2.03. The Morgan fingerprint density at radius 2 is 2.14 bits per heavy atom. The van der Waals surface area contributed by atoms with Gasteiger partial charge >= 0.3 is 0 Å². The first-order valence-corrected chi connectivity index (χ1v) is 6.74. The number of amides is 2. The molecule has 8 heteroatoms. The maximum absolute atomic E-state index is 11.9. The summed E-state index contributed by atoms with van der Waals surface area (Å²) in [6.07, 6.45) is 0. The van der Waals surface area contributed by atoms with E-state index >= 15 is 0 Å². The normalized spacial score (nSPS) is 10.5. The van der Waals surface area contributed by atoms with Gasteiger partial charge in [0.15, 0.2) is 5.76 Å². The standard InChI is InChI=1S/C14H19N5O3/c1-9-6-12(15)19(17-9)8-13(20)16-7-10-4-5-11(22-10)14(21)18(2)3/h4-6H,7-8,15H2,1-3H3,(H,16,20). The molecule has 2 amide bonds. The number of hydrogen-bond donors (Lipinski definition) is 2. The Kier molecular flexibility index (Phi) is 4.50. The van der Waals surface area contributed by atoms with Crippen LogP contribution in [0.4, 0.5) is 5.82 Å². The summed E-state index contributed by atoms with van der Waals surface area (Å²) in [5, 5.41) is 6.80. The molecule has 0 aliphatic rings. The maximum atomic E-state index is 11.9. The quantitative estimate of drug-likeness (QED) is 0.831. The van der Waals surface area contributed by atoms with Crippen molar-refractivity contribution < 1.29 is 14.0 Å². The number of rotatable bonds is 5. The van der Waals surface area contributed by atoms with Gasteiger partial charge in [-0.25, -0.2) is 4.68 Å². The highest BCUT2D eigenvalue weighted by molar-refractivity contribution is 5.91. The van der Waals surface area contributed by atoms with Gasteiger partial charge < -0.3 is 20.4 Å². The molecule has 0 spiro atoms. The van der Waals surface area contributed by atoms with E-state index in [9.17, 15) is 9.59 Å². The molecular weight excluding hydrogens is 286 g/mol. The number of carbonyl (C=O) groups excluding carboxylic acids is 2. The molecule has 0 saturated carbocycles.